The number of ether oxygens (including phenoxy) is 2. The van der Waals surface area contributed by atoms with Gasteiger partial charge in [-0.1, -0.05) is 18.2 Å². The van der Waals surface area contributed by atoms with Crippen LogP contribution in [0.4, 0.5) is 5.69 Å². The van der Waals surface area contributed by atoms with Crippen LogP contribution in [-0.2, 0) is 6.54 Å². The Morgan fingerprint density at radius 2 is 1.80 bits per heavy atom. The fourth-order valence-electron chi connectivity index (χ4n) is 3.20. The summed E-state index contributed by atoms with van der Waals surface area (Å²) in [6.07, 6.45) is 1.02. The molecule has 0 radical (unpaired) electrons. The molecule has 2 rings (SSSR count). The molecule has 5 nitrogen and oxygen atoms in total. The van der Waals surface area contributed by atoms with Crippen LogP contribution in [0.3, 0.4) is 0 Å². The molecule has 0 aliphatic rings. The molecular weight excluding hydrogens is 394 g/mol. The van der Waals surface area contributed by atoms with Crippen LogP contribution in [-0.4, -0.2) is 55.8 Å². The maximum Gasteiger partial charge on any atom is 0.173 e. The molecule has 0 bridgehead atoms. The number of rotatable bonds is 10. The van der Waals surface area contributed by atoms with E-state index in [2.05, 4.69) is 67.3 Å². The van der Waals surface area contributed by atoms with E-state index in [4.69, 9.17) is 21.7 Å². The largest absolute Gasteiger partial charge is 0.493 e. The Bertz CT molecular complexity index is 839. The first-order valence-electron chi connectivity index (χ1n) is 10.4. The average Bonchev–Trinajstić information content (AvgIpc) is 2.70. The van der Waals surface area contributed by atoms with E-state index in [1.807, 2.05) is 19.1 Å². The SMILES string of the molecule is CCOc1ccc(CN(CCCN(C)C)C(=S)Nc2cc(C)ccc2C)cc1OC. The molecule has 0 aliphatic carbocycles. The number of nitrogens with one attached hydrogen (secondary N) is 1. The van der Waals surface area contributed by atoms with E-state index in [0.717, 1.165) is 47.4 Å². The predicted molar refractivity (Wildman–Crippen MR) is 130 cm³/mol. The lowest BCUT2D eigenvalue weighted by atomic mass is 10.1. The number of nitrogens with zero attached hydrogens (tertiary/aromatic N) is 2. The molecular formula is C24H35N3O2S. The van der Waals surface area contributed by atoms with Gasteiger partial charge in [0.15, 0.2) is 16.6 Å². The minimum Gasteiger partial charge on any atom is -0.493 e. The van der Waals surface area contributed by atoms with Crippen molar-refractivity contribution in [2.45, 2.75) is 33.7 Å². The number of hydrogen-bond donors (Lipinski definition) is 1. The number of hydrogen-bond acceptors (Lipinski definition) is 4. The third-order valence-electron chi connectivity index (χ3n) is 4.86. The monoisotopic (exact) mass is 429 g/mol. The van der Waals surface area contributed by atoms with Crippen LogP contribution in [0.15, 0.2) is 36.4 Å². The zero-order chi connectivity index (χ0) is 22.1. The summed E-state index contributed by atoms with van der Waals surface area (Å²) < 4.78 is 11.2. The van der Waals surface area contributed by atoms with Crippen molar-refractivity contribution in [1.82, 2.24) is 9.80 Å². The maximum atomic E-state index is 5.81. The van der Waals surface area contributed by atoms with Crippen LogP contribution in [0.2, 0.25) is 0 Å². The average molecular weight is 430 g/mol. The highest BCUT2D eigenvalue weighted by Gasteiger charge is 2.14. The van der Waals surface area contributed by atoms with Crippen molar-refractivity contribution in [2.75, 3.05) is 46.2 Å². The van der Waals surface area contributed by atoms with Crippen LogP contribution >= 0.6 is 12.2 Å². The molecule has 164 valence electrons. The van der Waals surface area contributed by atoms with E-state index in [1.165, 1.54) is 11.1 Å². The molecule has 0 aliphatic heterocycles. The van der Waals surface area contributed by atoms with E-state index < -0.39 is 0 Å². The first-order chi connectivity index (χ1) is 14.3. The number of benzene rings is 2. The van der Waals surface area contributed by atoms with E-state index in [1.54, 1.807) is 7.11 Å². The van der Waals surface area contributed by atoms with Crippen molar-refractivity contribution >= 4 is 23.0 Å². The Balaban J connectivity index is 2.19. The molecule has 0 heterocycles. The molecule has 2 aromatic carbocycles. The topological polar surface area (TPSA) is 37.0 Å². The minimum absolute atomic E-state index is 0.607. The Labute approximate surface area is 187 Å². The van der Waals surface area contributed by atoms with Gasteiger partial charge in [-0.2, -0.15) is 0 Å². The van der Waals surface area contributed by atoms with Crippen molar-refractivity contribution < 1.29 is 9.47 Å². The van der Waals surface area contributed by atoms with E-state index >= 15 is 0 Å². The number of aryl methyl sites for hydroxylation is 2. The van der Waals surface area contributed by atoms with Crippen molar-refractivity contribution in [1.29, 1.82) is 0 Å². The lowest BCUT2D eigenvalue weighted by Gasteiger charge is -2.27. The molecule has 0 unspecified atom stereocenters. The van der Waals surface area contributed by atoms with Crippen LogP contribution < -0.4 is 14.8 Å². The Morgan fingerprint density at radius 3 is 2.47 bits per heavy atom. The van der Waals surface area contributed by atoms with Gasteiger partial charge in [0.1, 0.15) is 0 Å². The fourth-order valence-corrected chi connectivity index (χ4v) is 3.47. The second-order valence-corrected chi connectivity index (χ2v) is 8.13. The summed E-state index contributed by atoms with van der Waals surface area (Å²) in [7, 11) is 5.85. The number of thiocarbonyl (C=S) groups is 1. The standard InChI is InChI=1S/C24H35N3O2S/c1-7-29-22-12-11-20(16-23(22)28-6)17-27(14-8-13-26(4)5)24(30)25-21-15-18(2)9-10-19(21)3/h9-12,15-16H,7-8,13-14,17H2,1-6H3,(H,25,30). The van der Waals surface area contributed by atoms with Gasteiger partial charge >= 0.3 is 0 Å². The highest BCUT2D eigenvalue weighted by molar-refractivity contribution is 7.80. The first kappa shape index (κ1) is 24.0. The summed E-state index contributed by atoms with van der Waals surface area (Å²) in [4.78, 5) is 4.41. The fraction of sp³-hybridized carbons (Fsp3) is 0.458. The maximum absolute atomic E-state index is 5.81. The lowest BCUT2D eigenvalue weighted by molar-refractivity contribution is 0.309. The lowest BCUT2D eigenvalue weighted by Crippen LogP contribution is -2.36. The van der Waals surface area contributed by atoms with Gasteiger partial charge in [0.2, 0.25) is 0 Å². The first-order valence-corrected chi connectivity index (χ1v) is 10.8. The van der Waals surface area contributed by atoms with Crippen molar-refractivity contribution in [3.8, 4) is 11.5 Å². The molecule has 0 saturated heterocycles. The van der Waals surface area contributed by atoms with Gasteiger partial charge in [0.25, 0.3) is 0 Å². The van der Waals surface area contributed by atoms with Gasteiger partial charge in [0, 0.05) is 18.8 Å². The molecule has 0 saturated carbocycles. The zero-order valence-corrected chi connectivity index (χ0v) is 19.9. The Kier molecular flexibility index (Phi) is 9.40. The summed E-state index contributed by atoms with van der Waals surface area (Å²) >= 11 is 5.81. The van der Waals surface area contributed by atoms with Gasteiger partial charge in [-0.15, -0.1) is 0 Å². The van der Waals surface area contributed by atoms with Gasteiger partial charge < -0.3 is 24.6 Å². The molecule has 1 N–H and O–H groups in total. The second kappa shape index (κ2) is 11.8. The van der Waals surface area contributed by atoms with Gasteiger partial charge in [-0.25, -0.2) is 0 Å². The van der Waals surface area contributed by atoms with Gasteiger partial charge in [-0.05, 0) is 94.9 Å². The molecule has 0 aromatic heterocycles. The third-order valence-corrected chi connectivity index (χ3v) is 5.22. The van der Waals surface area contributed by atoms with Gasteiger partial charge in [0.05, 0.1) is 13.7 Å². The van der Waals surface area contributed by atoms with Crippen molar-refractivity contribution in [3.05, 3.63) is 53.1 Å². The van der Waals surface area contributed by atoms with Crippen LogP contribution in [0.25, 0.3) is 0 Å². The summed E-state index contributed by atoms with van der Waals surface area (Å²) in [5, 5.41) is 4.19. The van der Waals surface area contributed by atoms with E-state index in [0.29, 0.717) is 13.2 Å². The highest BCUT2D eigenvalue weighted by Crippen LogP contribution is 2.28. The third kappa shape index (κ3) is 7.18. The van der Waals surface area contributed by atoms with E-state index in [-0.39, 0.29) is 0 Å². The molecule has 2 aromatic rings. The van der Waals surface area contributed by atoms with E-state index in [9.17, 15) is 0 Å². The summed E-state index contributed by atoms with van der Waals surface area (Å²) in [5.41, 5.74) is 4.58. The number of anilines is 1. The minimum atomic E-state index is 0.607. The smallest absolute Gasteiger partial charge is 0.173 e. The quantitative estimate of drug-likeness (QED) is 0.544. The van der Waals surface area contributed by atoms with Crippen LogP contribution in [0.5, 0.6) is 11.5 Å². The molecule has 0 spiro atoms. The van der Waals surface area contributed by atoms with Crippen LogP contribution in [0, 0.1) is 13.8 Å². The number of methoxy groups -OCH3 is 1. The predicted octanol–water partition coefficient (Wildman–Crippen LogP) is 4.86. The summed E-state index contributed by atoms with van der Waals surface area (Å²) in [5.74, 6) is 1.51. The van der Waals surface area contributed by atoms with Crippen molar-refractivity contribution in [3.63, 3.8) is 0 Å². The highest BCUT2D eigenvalue weighted by atomic mass is 32.1. The summed E-state index contributed by atoms with van der Waals surface area (Å²) in [6, 6.07) is 12.5. The zero-order valence-electron chi connectivity index (χ0n) is 19.1. The summed E-state index contributed by atoms with van der Waals surface area (Å²) in [6.45, 7) is 9.34. The molecule has 0 atom stereocenters. The molecule has 6 heteroatoms. The molecule has 0 amide bonds. The Hall–Kier alpha value is -2.31. The molecule has 30 heavy (non-hydrogen) atoms. The molecule has 0 fully saturated rings. The van der Waals surface area contributed by atoms with Crippen molar-refractivity contribution in [2.24, 2.45) is 0 Å². The second-order valence-electron chi connectivity index (χ2n) is 7.75. The van der Waals surface area contributed by atoms with Crippen LogP contribution in [0.1, 0.15) is 30.0 Å². The Morgan fingerprint density at radius 1 is 1.03 bits per heavy atom. The van der Waals surface area contributed by atoms with Gasteiger partial charge in [-0.3, -0.25) is 0 Å². The normalized spacial score (nSPS) is 10.8.